The molecule has 2 aliphatic heterocycles. The lowest BCUT2D eigenvalue weighted by Crippen LogP contribution is -2.27. The maximum absolute atomic E-state index is 10.9. The Labute approximate surface area is 267 Å². The van der Waals surface area contributed by atoms with Gasteiger partial charge in [-0.1, -0.05) is 99.5 Å². The second-order valence-electron chi connectivity index (χ2n) is 13.6. The van der Waals surface area contributed by atoms with E-state index in [1.807, 2.05) is 0 Å². The van der Waals surface area contributed by atoms with Crippen LogP contribution in [0, 0.1) is 0 Å². The second kappa shape index (κ2) is 12.2. The second-order valence-corrected chi connectivity index (χ2v) is 13.6. The zero-order valence-electron chi connectivity index (χ0n) is 27.3. The van der Waals surface area contributed by atoms with E-state index >= 15 is 0 Å². The number of carbonyl (C=O) groups is 1. The van der Waals surface area contributed by atoms with Gasteiger partial charge >= 0.3 is 5.97 Å². The Kier molecular flexibility index (Phi) is 8.26. The topological polar surface area (TPSA) is 43.5 Å². The van der Waals surface area contributed by atoms with Crippen LogP contribution in [0.2, 0.25) is 0 Å². The Hall–Kier alpha value is -4.44. The van der Waals surface area contributed by atoms with Crippen LogP contribution in [0.3, 0.4) is 0 Å². The van der Waals surface area contributed by atoms with E-state index in [-0.39, 0.29) is 17.3 Å². The molecule has 4 aromatic rings. The van der Waals surface area contributed by atoms with Gasteiger partial charge in [-0.05, 0) is 72.0 Å². The molecule has 230 valence electrons. The molecule has 0 spiro atoms. The summed E-state index contributed by atoms with van der Waals surface area (Å²) in [6.45, 7) is 10.3. The zero-order valence-corrected chi connectivity index (χ0v) is 27.3. The Morgan fingerprint density at radius 3 is 2.11 bits per heavy atom. The van der Waals surface area contributed by atoms with Crippen molar-refractivity contribution < 1.29 is 14.5 Å². The molecule has 2 heterocycles. The van der Waals surface area contributed by atoms with E-state index in [1.54, 1.807) is 0 Å². The van der Waals surface area contributed by atoms with Gasteiger partial charge in [0.2, 0.25) is 5.69 Å². The van der Waals surface area contributed by atoms with E-state index in [9.17, 15) is 4.79 Å². The molecule has 0 radical (unpaired) electrons. The molecule has 4 nitrogen and oxygen atoms in total. The molecule has 1 N–H and O–H groups in total. The van der Waals surface area contributed by atoms with Crippen molar-refractivity contribution in [1.29, 1.82) is 0 Å². The van der Waals surface area contributed by atoms with Crippen LogP contribution < -0.4 is 4.90 Å². The first-order valence-corrected chi connectivity index (χ1v) is 16.3. The predicted octanol–water partition coefficient (Wildman–Crippen LogP) is 9.83. The standard InChI is InChI=1S/C41H44N2O2/c1-40(2)35(42(5)33-26-24-29-17-12-14-19-31(29)38(33)40)21-9-8-10-22-36-41(3,4)39-32-20-15-13-18-30(32)25-27-34(39)43(36)28-16-7-6-11-23-37(44)45/h8-10,12-15,17-22,24-27H,6-7,11,16,23,28H2,1-5H3/p+1. The monoisotopic (exact) mass is 597 g/mol. The van der Waals surface area contributed by atoms with Gasteiger partial charge in [-0.15, -0.1) is 0 Å². The summed E-state index contributed by atoms with van der Waals surface area (Å²) in [5.41, 5.74) is 7.67. The van der Waals surface area contributed by atoms with E-state index < -0.39 is 5.97 Å². The van der Waals surface area contributed by atoms with Gasteiger partial charge in [-0.2, -0.15) is 4.58 Å². The molecular weight excluding hydrogens is 552 g/mol. The van der Waals surface area contributed by atoms with E-state index in [1.165, 1.54) is 55.5 Å². The lowest BCUT2D eigenvalue weighted by Gasteiger charge is -2.27. The van der Waals surface area contributed by atoms with Crippen molar-refractivity contribution in [3.8, 4) is 0 Å². The summed E-state index contributed by atoms with van der Waals surface area (Å²) >= 11 is 0. The highest BCUT2D eigenvalue weighted by Crippen LogP contribution is 2.51. The molecular formula is C41H45N2O2+. The van der Waals surface area contributed by atoms with Gasteiger partial charge in [-0.3, -0.25) is 4.79 Å². The number of allylic oxidation sites excluding steroid dienone is 6. The van der Waals surface area contributed by atoms with Crippen molar-refractivity contribution in [2.24, 2.45) is 0 Å². The summed E-state index contributed by atoms with van der Waals surface area (Å²) in [7, 11) is 2.18. The highest BCUT2D eigenvalue weighted by molar-refractivity contribution is 6.07. The van der Waals surface area contributed by atoms with E-state index in [2.05, 4.69) is 147 Å². The van der Waals surface area contributed by atoms with Gasteiger partial charge in [-0.25, -0.2) is 0 Å². The summed E-state index contributed by atoms with van der Waals surface area (Å²) in [6, 6.07) is 26.4. The smallest absolute Gasteiger partial charge is 0.303 e. The lowest BCUT2D eigenvalue weighted by molar-refractivity contribution is -0.401. The third-order valence-corrected chi connectivity index (χ3v) is 9.90. The maximum Gasteiger partial charge on any atom is 0.303 e. The molecule has 6 rings (SSSR count). The van der Waals surface area contributed by atoms with Crippen LogP contribution >= 0.6 is 0 Å². The van der Waals surface area contributed by atoms with E-state index in [4.69, 9.17) is 5.11 Å². The summed E-state index contributed by atoms with van der Waals surface area (Å²) in [5, 5.41) is 14.2. The Morgan fingerprint density at radius 1 is 0.756 bits per heavy atom. The molecule has 0 atom stereocenters. The molecule has 0 aliphatic carbocycles. The van der Waals surface area contributed by atoms with E-state index in [0.29, 0.717) is 0 Å². The molecule has 0 bridgehead atoms. The summed E-state index contributed by atoms with van der Waals surface area (Å²) in [6.07, 6.45) is 15.1. The molecule has 4 heteroatoms. The SMILES string of the molecule is C[N+]1=C(/C=C/C=C/C=C2/N(CCCCCCC(=O)O)c3ccc4ccccc4c3C2(C)C)C(C)(C)c2c1ccc1ccccc21. The minimum Gasteiger partial charge on any atom is -0.481 e. The first-order chi connectivity index (χ1) is 21.6. The number of nitrogens with zero attached hydrogens (tertiary/aromatic N) is 2. The minimum atomic E-state index is -0.706. The van der Waals surface area contributed by atoms with Gasteiger partial charge in [0.1, 0.15) is 7.05 Å². The Balaban J connectivity index is 1.27. The van der Waals surface area contributed by atoms with Crippen molar-refractivity contribution in [2.75, 3.05) is 18.5 Å². The quantitative estimate of drug-likeness (QED) is 0.112. The molecule has 0 saturated heterocycles. The number of benzene rings is 4. The van der Waals surface area contributed by atoms with Crippen molar-refractivity contribution in [3.63, 3.8) is 0 Å². The third kappa shape index (κ3) is 5.52. The fourth-order valence-corrected chi connectivity index (χ4v) is 7.73. The van der Waals surface area contributed by atoms with Gasteiger partial charge < -0.3 is 10.0 Å². The maximum atomic E-state index is 10.9. The highest BCUT2D eigenvalue weighted by Gasteiger charge is 2.44. The fourth-order valence-electron chi connectivity index (χ4n) is 7.73. The summed E-state index contributed by atoms with van der Waals surface area (Å²) in [5.74, 6) is -0.706. The van der Waals surface area contributed by atoms with Crippen LogP contribution in [0.5, 0.6) is 0 Å². The Bertz CT molecular complexity index is 1900. The van der Waals surface area contributed by atoms with Gasteiger partial charge in [0.25, 0.3) is 0 Å². The molecule has 0 fully saturated rings. The molecule has 0 aromatic heterocycles. The van der Waals surface area contributed by atoms with Gasteiger partial charge in [0.05, 0.1) is 5.41 Å². The van der Waals surface area contributed by atoms with Crippen LogP contribution in [-0.2, 0) is 15.6 Å². The molecule has 45 heavy (non-hydrogen) atoms. The normalized spacial score (nSPS) is 17.8. The number of aliphatic carboxylic acids is 1. The van der Waals surface area contributed by atoms with Crippen LogP contribution in [-0.4, -0.2) is 35.0 Å². The van der Waals surface area contributed by atoms with Crippen LogP contribution in [0.1, 0.15) is 70.9 Å². The number of unbranched alkanes of at least 4 members (excludes halogenated alkanes) is 3. The average molecular weight is 598 g/mol. The first kappa shape index (κ1) is 30.6. The number of hydrogen-bond donors (Lipinski definition) is 1. The molecule has 0 saturated carbocycles. The largest absolute Gasteiger partial charge is 0.481 e. The van der Waals surface area contributed by atoms with Crippen molar-refractivity contribution in [3.05, 3.63) is 120 Å². The molecule has 4 aromatic carbocycles. The number of carboxylic acids is 1. The number of carboxylic acid groups (broad SMARTS) is 1. The average Bonchev–Trinajstić information content (AvgIpc) is 3.36. The van der Waals surface area contributed by atoms with Crippen molar-refractivity contribution in [1.82, 2.24) is 0 Å². The molecule has 2 aliphatic rings. The molecule has 0 unspecified atom stereocenters. The highest BCUT2D eigenvalue weighted by atomic mass is 16.4. The van der Waals surface area contributed by atoms with Gasteiger partial charge in [0, 0.05) is 47.5 Å². The van der Waals surface area contributed by atoms with Gasteiger partial charge in [0.15, 0.2) is 5.71 Å². The van der Waals surface area contributed by atoms with Crippen molar-refractivity contribution >= 4 is 44.6 Å². The number of fused-ring (bicyclic) bond motifs is 6. The lowest BCUT2D eigenvalue weighted by atomic mass is 9.79. The van der Waals surface area contributed by atoms with Crippen LogP contribution in [0.4, 0.5) is 11.4 Å². The summed E-state index contributed by atoms with van der Waals surface area (Å²) < 4.78 is 2.34. The predicted molar refractivity (Wildman–Crippen MR) is 189 cm³/mol. The number of rotatable bonds is 10. The first-order valence-electron chi connectivity index (χ1n) is 16.3. The van der Waals surface area contributed by atoms with E-state index in [0.717, 1.165) is 32.2 Å². The minimum absolute atomic E-state index is 0.106. The number of anilines is 1. The van der Waals surface area contributed by atoms with Crippen molar-refractivity contribution in [2.45, 2.75) is 70.6 Å². The molecule has 0 amide bonds. The summed E-state index contributed by atoms with van der Waals surface area (Å²) in [4.78, 5) is 13.4. The van der Waals surface area contributed by atoms with Crippen LogP contribution in [0.25, 0.3) is 21.5 Å². The third-order valence-electron chi connectivity index (χ3n) is 9.90. The fraction of sp³-hybridized carbons (Fsp3) is 0.317. The van der Waals surface area contributed by atoms with Crippen LogP contribution in [0.15, 0.2) is 109 Å². The zero-order chi connectivity index (χ0) is 31.8. The number of hydrogen-bond acceptors (Lipinski definition) is 2. The Morgan fingerprint density at radius 2 is 1.40 bits per heavy atom.